The molecule has 22 heavy (non-hydrogen) atoms. The molecular weight excluding hydrogens is 302 g/mol. The Labute approximate surface area is 134 Å². The van der Waals surface area contributed by atoms with Crippen molar-refractivity contribution >= 4 is 15.8 Å². The summed E-state index contributed by atoms with van der Waals surface area (Å²) in [7, 11) is -2.82. The number of hydrogen-bond acceptors (Lipinski definition) is 4. The first-order valence-corrected chi connectivity index (χ1v) is 10.2. The molecule has 0 amide bonds. The number of nitrogens with one attached hydrogen (secondary N) is 2. The summed E-state index contributed by atoms with van der Waals surface area (Å²) < 4.78 is 28.4. The Morgan fingerprint density at radius 3 is 2.64 bits per heavy atom. The summed E-state index contributed by atoms with van der Waals surface area (Å²) in [5.41, 5.74) is 0. The molecule has 0 bridgehead atoms. The van der Waals surface area contributed by atoms with E-state index in [9.17, 15) is 8.42 Å². The third kappa shape index (κ3) is 5.76. The van der Waals surface area contributed by atoms with Crippen molar-refractivity contribution in [1.82, 2.24) is 10.6 Å². The zero-order valence-corrected chi connectivity index (χ0v) is 14.5. The van der Waals surface area contributed by atoms with Gasteiger partial charge in [0.05, 0.1) is 11.5 Å². The second kappa shape index (κ2) is 8.15. The van der Waals surface area contributed by atoms with E-state index in [-0.39, 0.29) is 11.7 Å². The van der Waals surface area contributed by atoms with Crippen LogP contribution in [-0.2, 0) is 14.6 Å². The molecule has 0 saturated carbocycles. The van der Waals surface area contributed by atoms with E-state index in [1.165, 1.54) is 0 Å². The van der Waals surface area contributed by atoms with Crippen LogP contribution in [0.15, 0.2) is 4.99 Å². The summed E-state index contributed by atoms with van der Waals surface area (Å²) in [6.45, 7) is 6.41. The topological polar surface area (TPSA) is 79.8 Å². The molecule has 0 aromatic rings. The van der Waals surface area contributed by atoms with Gasteiger partial charge in [0, 0.05) is 31.8 Å². The van der Waals surface area contributed by atoms with Gasteiger partial charge in [-0.2, -0.15) is 0 Å². The van der Waals surface area contributed by atoms with Crippen molar-refractivity contribution in [3.05, 3.63) is 0 Å². The Hall–Kier alpha value is -0.820. The lowest BCUT2D eigenvalue weighted by Gasteiger charge is -2.26. The minimum atomic E-state index is -2.82. The van der Waals surface area contributed by atoms with Gasteiger partial charge in [0.1, 0.15) is 0 Å². The monoisotopic (exact) mass is 331 g/mol. The molecule has 2 unspecified atom stereocenters. The number of ether oxygens (including phenoxy) is 1. The third-order valence-electron chi connectivity index (χ3n) is 4.39. The molecule has 2 rings (SSSR count). The second-order valence-electron chi connectivity index (χ2n) is 6.44. The molecule has 6 nitrogen and oxygen atoms in total. The van der Waals surface area contributed by atoms with Gasteiger partial charge in [-0.3, -0.25) is 4.99 Å². The van der Waals surface area contributed by atoms with Crippen LogP contribution in [0.2, 0.25) is 0 Å². The van der Waals surface area contributed by atoms with Crippen molar-refractivity contribution < 1.29 is 13.2 Å². The summed E-state index contributed by atoms with van der Waals surface area (Å²) in [4.78, 5) is 4.64. The molecule has 128 valence electrons. The molecule has 2 aliphatic rings. The first-order valence-electron chi connectivity index (χ1n) is 8.34. The predicted octanol–water partition coefficient (Wildman–Crippen LogP) is 0.934. The highest BCUT2D eigenvalue weighted by atomic mass is 32.2. The molecule has 0 spiro atoms. The van der Waals surface area contributed by atoms with Crippen molar-refractivity contribution in [2.24, 2.45) is 10.9 Å². The van der Waals surface area contributed by atoms with Crippen molar-refractivity contribution in [2.75, 3.05) is 31.3 Å². The first-order chi connectivity index (χ1) is 10.5. The van der Waals surface area contributed by atoms with E-state index in [4.69, 9.17) is 4.74 Å². The average molecular weight is 331 g/mol. The highest BCUT2D eigenvalue weighted by molar-refractivity contribution is 7.91. The second-order valence-corrected chi connectivity index (χ2v) is 8.67. The molecule has 0 aromatic heterocycles. The standard InChI is InChI=1S/C15H29N3O3S/c1-3-12(2)17-15(18-14-4-7-21-8-5-14)16-10-13-6-9-22(19,20)11-13/h12-14H,3-11H2,1-2H3,(H2,16,17,18). The van der Waals surface area contributed by atoms with Gasteiger partial charge in [0.25, 0.3) is 0 Å². The predicted molar refractivity (Wildman–Crippen MR) is 88.9 cm³/mol. The molecule has 0 aliphatic carbocycles. The normalized spacial score (nSPS) is 27.5. The van der Waals surface area contributed by atoms with E-state index >= 15 is 0 Å². The summed E-state index contributed by atoms with van der Waals surface area (Å²) in [5.74, 6) is 1.57. The van der Waals surface area contributed by atoms with Gasteiger partial charge < -0.3 is 15.4 Å². The Bertz CT molecular complexity index is 472. The smallest absolute Gasteiger partial charge is 0.191 e. The van der Waals surface area contributed by atoms with Crippen LogP contribution in [0.4, 0.5) is 0 Å². The Kier molecular flexibility index (Phi) is 6.50. The molecule has 2 fully saturated rings. The van der Waals surface area contributed by atoms with Crippen LogP contribution in [0.1, 0.15) is 39.5 Å². The number of aliphatic imine (C=N–C) groups is 1. The third-order valence-corrected chi connectivity index (χ3v) is 6.23. The van der Waals surface area contributed by atoms with Gasteiger partial charge in [-0.25, -0.2) is 8.42 Å². The van der Waals surface area contributed by atoms with Crippen molar-refractivity contribution in [3.8, 4) is 0 Å². The highest BCUT2D eigenvalue weighted by Crippen LogP contribution is 2.18. The zero-order valence-electron chi connectivity index (χ0n) is 13.7. The van der Waals surface area contributed by atoms with Gasteiger partial charge in [-0.15, -0.1) is 0 Å². The fraction of sp³-hybridized carbons (Fsp3) is 0.933. The van der Waals surface area contributed by atoms with E-state index in [0.717, 1.165) is 44.9 Å². The number of nitrogens with zero attached hydrogens (tertiary/aromatic N) is 1. The average Bonchev–Trinajstić information content (AvgIpc) is 2.85. The fourth-order valence-corrected chi connectivity index (χ4v) is 4.59. The van der Waals surface area contributed by atoms with Crippen LogP contribution < -0.4 is 10.6 Å². The van der Waals surface area contributed by atoms with Gasteiger partial charge >= 0.3 is 0 Å². The molecule has 7 heteroatoms. The van der Waals surface area contributed by atoms with E-state index < -0.39 is 9.84 Å². The molecule has 2 heterocycles. The van der Waals surface area contributed by atoms with Crippen LogP contribution >= 0.6 is 0 Å². The van der Waals surface area contributed by atoms with Crippen LogP contribution in [-0.4, -0.2) is 57.7 Å². The van der Waals surface area contributed by atoms with E-state index in [2.05, 4.69) is 29.5 Å². The Morgan fingerprint density at radius 1 is 1.32 bits per heavy atom. The lowest BCUT2D eigenvalue weighted by atomic mass is 10.1. The lowest BCUT2D eigenvalue weighted by molar-refractivity contribution is 0.0822. The lowest BCUT2D eigenvalue weighted by Crippen LogP contribution is -2.48. The minimum Gasteiger partial charge on any atom is -0.381 e. The fourth-order valence-electron chi connectivity index (χ4n) is 2.74. The van der Waals surface area contributed by atoms with Crippen LogP contribution in [0.25, 0.3) is 0 Å². The largest absolute Gasteiger partial charge is 0.381 e. The van der Waals surface area contributed by atoms with E-state index in [0.29, 0.717) is 24.4 Å². The maximum Gasteiger partial charge on any atom is 0.191 e. The molecular formula is C15H29N3O3S. The van der Waals surface area contributed by atoms with Gasteiger partial charge in [0.2, 0.25) is 0 Å². The van der Waals surface area contributed by atoms with E-state index in [1.807, 2.05) is 0 Å². The van der Waals surface area contributed by atoms with Crippen LogP contribution in [0.5, 0.6) is 0 Å². The maximum atomic E-state index is 11.5. The quantitative estimate of drug-likeness (QED) is 0.579. The molecule has 2 N–H and O–H groups in total. The molecule has 2 atom stereocenters. The van der Waals surface area contributed by atoms with Crippen LogP contribution in [0, 0.1) is 5.92 Å². The summed E-state index contributed by atoms with van der Waals surface area (Å²) in [6.07, 6.45) is 3.73. The van der Waals surface area contributed by atoms with Gasteiger partial charge in [-0.1, -0.05) is 6.92 Å². The summed E-state index contributed by atoms with van der Waals surface area (Å²) >= 11 is 0. The number of sulfone groups is 1. The summed E-state index contributed by atoms with van der Waals surface area (Å²) in [5, 5.41) is 6.88. The molecule has 0 aromatic carbocycles. The molecule has 0 radical (unpaired) electrons. The minimum absolute atomic E-state index is 0.162. The summed E-state index contributed by atoms with van der Waals surface area (Å²) in [6, 6.07) is 0.731. The molecule has 2 saturated heterocycles. The van der Waals surface area contributed by atoms with E-state index in [1.54, 1.807) is 0 Å². The maximum absolute atomic E-state index is 11.5. The van der Waals surface area contributed by atoms with Crippen molar-refractivity contribution in [1.29, 1.82) is 0 Å². The van der Waals surface area contributed by atoms with Crippen molar-refractivity contribution in [2.45, 2.75) is 51.6 Å². The van der Waals surface area contributed by atoms with Gasteiger partial charge in [0.15, 0.2) is 15.8 Å². The van der Waals surface area contributed by atoms with Gasteiger partial charge in [-0.05, 0) is 38.5 Å². The number of hydrogen-bond donors (Lipinski definition) is 2. The molecule has 2 aliphatic heterocycles. The first kappa shape index (κ1) is 17.5. The highest BCUT2D eigenvalue weighted by Gasteiger charge is 2.27. The van der Waals surface area contributed by atoms with Crippen molar-refractivity contribution in [3.63, 3.8) is 0 Å². The number of guanidine groups is 1. The number of rotatable bonds is 5. The SMILES string of the molecule is CCC(C)NC(=NCC1CCS(=O)(=O)C1)NC1CCOCC1. The Balaban J connectivity index is 1.91. The zero-order chi connectivity index (χ0) is 16.0. The van der Waals surface area contributed by atoms with Crippen LogP contribution in [0.3, 0.4) is 0 Å². The Morgan fingerprint density at radius 2 is 2.05 bits per heavy atom.